The molecular weight excluding hydrogens is 335 g/mol. The third-order valence-electron chi connectivity index (χ3n) is 4.52. The Morgan fingerprint density at radius 3 is 2.77 bits per heavy atom. The van der Waals surface area contributed by atoms with Crippen LogP contribution in [0.3, 0.4) is 0 Å². The van der Waals surface area contributed by atoms with Crippen molar-refractivity contribution in [1.82, 2.24) is 15.1 Å². The third-order valence-corrected chi connectivity index (χ3v) is 4.52. The maximum absolute atomic E-state index is 13.1. The Bertz CT molecular complexity index is 819. The summed E-state index contributed by atoms with van der Waals surface area (Å²) in [4.78, 5) is 26.4. The first kappa shape index (κ1) is 18.1. The summed E-state index contributed by atoms with van der Waals surface area (Å²) in [5.41, 5.74) is 0.224. The Kier molecular flexibility index (Phi) is 5.65. The number of hydrogen-bond donors (Lipinski definition) is 1. The first-order valence-electron chi connectivity index (χ1n) is 8.97. The molecule has 1 N–H and O–H groups in total. The summed E-state index contributed by atoms with van der Waals surface area (Å²) in [5.74, 6) is 0.267. The maximum Gasteiger partial charge on any atom is 0.271 e. The zero-order chi connectivity index (χ0) is 18.5. The van der Waals surface area contributed by atoms with Gasteiger partial charge >= 0.3 is 0 Å². The first-order chi connectivity index (χ1) is 12.6. The molecule has 7 heteroatoms. The van der Waals surface area contributed by atoms with Crippen molar-refractivity contribution >= 4 is 11.7 Å². The number of benzene rings is 1. The summed E-state index contributed by atoms with van der Waals surface area (Å²) in [6.07, 6.45) is 2.65. The number of nitrogens with one attached hydrogen (secondary N) is 1. The highest BCUT2D eigenvalue weighted by Crippen LogP contribution is 2.21. The molecule has 0 bridgehead atoms. The van der Waals surface area contributed by atoms with Gasteiger partial charge in [0.05, 0.1) is 11.6 Å². The quantitative estimate of drug-likeness (QED) is 0.889. The molecule has 1 unspecified atom stereocenters. The van der Waals surface area contributed by atoms with E-state index in [1.54, 1.807) is 6.07 Å². The molecule has 1 amide bonds. The number of piperidine rings is 1. The predicted octanol–water partition coefficient (Wildman–Crippen LogP) is 2.11. The van der Waals surface area contributed by atoms with E-state index in [9.17, 15) is 14.0 Å². The molecule has 1 fully saturated rings. The third kappa shape index (κ3) is 4.09. The molecule has 26 heavy (non-hydrogen) atoms. The van der Waals surface area contributed by atoms with E-state index >= 15 is 0 Å². The molecule has 2 aromatic rings. The van der Waals surface area contributed by atoms with Gasteiger partial charge in [-0.05, 0) is 49.6 Å². The molecule has 0 saturated carbocycles. The van der Waals surface area contributed by atoms with Crippen LogP contribution in [0.5, 0.6) is 0 Å². The first-order valence-corrected chi connectivity index (χ1v) is 8.97. The number of aromatic nitrogens is 2. The number of nitrogens with zero attached hydrogens (tertiary/aromatic N) is 3. The van der Waals surface area contributed by atoms with E-state index < -0.39 is 0 Å². The average molecular weight is 358 g/mol. The molecule has 0 radical (unpaired) electrons. The van der Waals surface area contributed by atoms with Crippen molar-refractivity contribution < 1.29 is 9.18 Å². The minimum Gasteiger partial charge on any atom is -0.356 e. The smallest absolute Gasteiger partial charge is 0.271 e. The highest BCUT2D eigenvalue weighted by atomic mass is 19.1. The van der Waals surface area contributed by atoms with E-state index in [1.807, 2.05) is 11.8 Å². The lowest BCUT2D eigenvalue weighted by molar-refractivity contribution is -0.125. The van der Waals surface area contributed by atoms with Crippen LogP contribution >= 0.6 is 0 Å². The molecular formula is C19H23FN4O2. The molecule has 0 aliphatic carbocycles. The molecule has 6 nitrogen and oxygen atoms in total. The van der Waals surface area contributed by atoms with E-state index in [-0.39, 0.29) is 23.2 Å². The predicted molar refractivity (Wildman–Crippen MR) is 98.0 cm³/mol. The Morgan fingerprint density at radius 2 is 2.04 bits per heavy atom. The topological polar surface area (TPSA) is 67.2 Å². The van der Waals surface area contributed by atoms with Gasteiger partial charge in [0.25, 0.3) is 5.56 Å². The zero-order valence-corrected chi connectivity index (χ0v) is 14.8. The molecule has 3 rings (SSSR count). The van der Waals surface area contributed by atoms with Gasteiger partial charge < -0.3 is 10.2 Å². The van der Waals surface area contributed by atoms with Crippen molar-refractivity contribution in [3.63, 3.8) is 0 Å². The summed E-state index contributed by atoms with van der Waals surface area (Å²) < 4.78 is 14.4. The fraction of sp³-hybridized carbons (Fsp3) is 0.421. The van der Waals surface area contributed by atoms with Crippen molar-refractivity contribution in [2.45, 2.75) is 26.2 Å². The van der Waals surface area contributed by atoms with E-state index in [0.29, 0.717) is 24.6 Å². The Labute approximate surface area is 151 Å². The lowest BCUT2D eigenvalue weighted by Gasteiger charge is -2.32. The summed E-state index contributed by atoms with van der Waals surface area (Å²) in [5, 5.41) is 7.38. The van der Waals surface area contributed by atoms with Gasteiger partial charge in [-0.25, -0.2) is 4.39 Å². The van der Waals surface area contributed by atoms with E-state index in [4.69, 9.17) is 0 Å². The normalized spacial score (nSPS) is 17.2. The van der Waals surface area contributed by atoms with Crippen molar-refractivity contribution in [2.75, 3.05) is 24.5 Å². The van der Waals surface area contributed by atoms with Crippen molar-refractivity contribution in [1.29, 1.82) is 0 Å². The zero-order valence-electron chi connectivity index (χ0n) is 14.8. The molecule has 0 spiro atoms. The number of carbonyl (C=O) groups excluding carboxylic acids is 1. The summed E-state index contributed by atoms with van der Waals surface area (Å²) in [7, 11) is 0. The number of anilines is 1. The molecule has 1 saturated heterocycles. The van der Waals surface area contributed by atoms with Gasteiger partial charge in [0.1, 0.15) is 11.6 Å². The van der Waals surface area contributed by atoms with Crippen LogP contribution in [0.25, 0.3) is 5.69 Å². The fourth-order valence-electron chi connectivity index (χ4n) is 3.13. The summed E-state index contributed by atoms with van der Waals surface area (Å²) in [6.45, 7) is 4.06. The Morgan fingerprint density at radius 1 is 1.27 bits per heavy atom. The van der Waals surface area contributed by atoms with Crippen molar-refractivity contribution in [2.24, 2.45) is 5.92 Å². The van der Waals surface area contributed by atoms with Crippen LogP contribution < -0.4 is 15.8 Å². The van der Waals surface area contributed by atoms with Crippen LogP contribution in [0.15, 0.2) is 41.2 Å². The van der Waals surface area contributed by atoms with Crippen LogP contribution in [-0.2, 0) is 4.79 Å². The van der Waals surface area contributed by atoms with Crippen molar-refractivity contribution in [3.05, 3.63) is 52.6 Å². The Hall–Kier alpha value is -2.70. The highest BCUT2D eigenvalue weighted by Gasteiger charge is 2.26. The van der Waals surface area contributed by atoms with E-state index in [2.05, 4.69) is 10.4 Å². The molecule has 1 aliphatic rings. The monoisotopic (exact) mass is 358 g/mol. The second-order valence-corrected chi connectivity index (χ2v) is 6.49. The van der Waals surface area contributed by atoms with Gasteiger partial charge in [-0.1, -0.05) is 6.92 Å². The summed E-state index contributed by atoms with van der Waals surface area (Å²) >= 11 is 0. The van der Waals surface area contributed by atoms with Gasteiger partial charge in [-0.2, -0.15) is 4.68 Å². The molecule has 138 valence electrons. The van der Waals surface area contributed by atoms with Crippen molar-refractivity contribution in [3.8, 4) is 5.69 Å². The number of halogens is 1. The van der Waals surface area contributed by atoms with Crippen LogP contribution in [0.1, 0.15) is 26.2 Å². The van der Waals surface area contributed by atoms with E-state index in [1.165, 1.54) is 35.0 Å². The largest absolute Gasteiger partial charge is 0.356 e. The maximum atomic E-state index is 13.1. The van der Waals surface area contributed by atoms with Crippen LogP contribution in [0.4, 0.5) is 10.2 Å². The summed E-state index contributed by atoms with van der Waals surface area (Å²) in [6, 6.07) is 8.76. The lowest BCUT2D eigenvalue weighted by atomic mass is 9.97. The van der Waals surface area contributed by atoms with Gasteiger partial charge in [-0.15, -0.1) is 5.10 Å². The standard InChI is InChI=1S/C19H23FN4O2/c1-2-11-21-19(26)14-4-3-12-23(13-14)17-9-10-18(25)24(22-17)16-7-5-15(20)6-8-16/h5-10,14H,2-4,11-13H2,1H3,(H,21,26). The van der Waals surface area contributed by atoms with Crippen LogP contribution in [0.2, 0.25) is 0 Å². The molecule has 1 atom stereocenters. The second-order valence-electron chi connectivity index (χ2n) is 6.49. The molecule has 1 aromatic carbocycles. The van der Waals surface area contributed by atoms with Crippen LogP contribution in [-0.4, -0.2) is 35.3 Å². The van der Waals surface area contributed by atoms with Gasteiger partial charge in [-0.3, -0.25) is 9.59 Å². The van der Waals surface area contributed by atoms with Crippen LogP contribution in [0, 0.1) is 11.7 Å². The number of carbonyl (C=O) groups is 1. The number of amides is 1. The molecule has 1 aromatic heterocycles. The lowest BCUT2D eigenvalue weighted by Crippen LogP contribution is -2.44. The van der Waals surface area contributed by atoms with Gasteiger partial charge in [0, 0.05) is 25.7 Å². The number of rotatable bonds is 5. The minimum atomic E-state index is -0.366. The minimum absolute atomic E-state index is 0.0726. The second kappa shape index (κ2) is 8.12. The molecule has 1 aliphatic heterocycles. The average Bonchev–Trinajstić information content (AvgIpc) is 2.67. The number of hydrogen-bond acceptors (Lipinski definition) is 4. The van der Waals surface area contributed by atoms with E-state index in [0.717, 1.165) is 25.8 Å². The Balaban J connectivity index is 1.80. The SMILES string of the molecule is CCCNC(=O)C1CCCN(c2ccc(=O)n(-c3ccc(F)cc3)n2)C1. The fourth-order valence-corrected chi connectivity index (χ4v) is 3.13. The van der Waals surface area contributed by atoms with Gasteiger partial charge in [0.2, 0.25) is 5.91 Å². The molecule has 2 heterocycles. The van der Waals surface area contributed by atoms with Gasteiger partial charge in [0.15, 0.2) is 0 Å². The highest BCUT2D eigenvalue weighted by molar-refractivity contribution is 5.79.